The maximum atomic E-state index is 13.6. The molecule has 0 aliphatic rings. The Labute approximate surface area is 122 Å². The Bertz CT molecular complexity index is 776. The van der Waals surface area contributed by atoms with Crippen molar-refractivity contribution in [1.82, 2.24) is 0 Å². The number of halogens is 1. The van der Waals surface area contributed by atoms with Gasteiger partial charge in [-0.1, -0.05) is 0 Å². The van der Waals surface area contributed by atoms with Crippen molar-refractivity contribution >= 4 is 26.9 Å². The number of nitrogens with one attached hydrogen (secondary N) is 1. The zero-order chi connectivity index (χ0) is 15.6. The van der Waals surface area contributed by atoms with Crippen molar-refractivity contribution in [1.29, 1.82) is 0 Å². The van der Waals surface area contributed by atoms with Crippen LogP contribution in [0.5, 0.6) is 5.75 Å². The van der Waals surface area contributed by atoms with Crippen LogP contribution in [0.25, 0.3) is 0 Å². The number of rotatable bonds is 4. The van der Waals surface area contributed by atoms with E-state index in [2.05, 4.69) is 5.32 Å². The third kappa shape index (κ3) is 3.43. The van der Waals surface area contributed by atoms with Crippen LogP contribution >= 0.6 is 0 Å². The quantitative estimate of drug-likeness (QED) is 0.848. The van der Waals surface area contributed by atoms with Crippen LogP contribution in [0.2, 0.25) is 0 Å². The lowest BCUT2D eigenvalue weighted by Gasteiger charge is -2.11. The van der Waals surface area contributed by atoms with Gasteiger partial charge >= 0.3 is 0 Å². The summed E-state index contributed by atoms with van der Waals surface area (Å²) in [6.07, 6.45) is 1.10. The van der Waals surface area contributed by atoms with Gasteiger partial charge in [-0.25, -0.2) is 12.8 Å². The lowest BCUT2D eigenvalue weighted by atomic mass is 10.2. The van der Waals surface area contributed by atoms with Crippen molar-refractivity contribution in [3.63, 3.8) is 0 Å². The van der Waals surface area contributed by atoms with Gasteiger partial charge in [-0.3, -0.25) is 0 Å². The molecule has 0 spiro atoms. The molecular weight excluding hydrogens is 295 g/mol. The van der Waals surface area contributed by atoms with Gasteiger partial charge in [-0.15, -0.1) is 0 Å². The number of methoxy groups -OCH3 is 1. The Morgan fingerprint density at radius 2 is 1.90 bits per heavy atom. The molecule has 0 heterocycles. The Morgan fingerprint density at radius 3 is 2.43 bits per heavy atom. The Balaban J connectivity index is 2.30. The van der Waals surface area contributed by atoms with Crippen molar-refractivity contribution < 1.29 is 17.5 Å². The van der Waals surface area contributed by atoms with Gasteiger partial charge in [0.1, 0.15) is 0 Å². The van der Waals surface area contributed by atoms with E-state index >= 15 is 0 Å². The normalized spacial score (nSPS) is 11.2. The van der Waals surface area contributed by atoms with Crippen LogP contribution in [0.15, 0.2) is 41.3 Å². The van der Waals surface area contributed by atoms with Crippen molar-refractivity contribution in [2.75, 3.05) is 24.4 Å². The summed E-state index contributed by atoms with van der Waals surface area (Å²) in [4.78, 5) is 0.131. The molecule has 0 unspecified atom stereocenters. The van der Waals surface area contributed by atoms with E-state index in [1.807, 2.05) is 0 Å². The van der Waals surface area contributed by atoms with Crippen molar-refractivity contribution in [2.45, 2.75) is 4.90 Å². The van der Waals surface area contributed by atoms with Crippen LogP contribution in [-0.2, 0) is 9.84 Å². The summed E-state index contributed by atoms with van der Waals surface area (Å²) in [5.74, 6) is -0.366. The summed E-state index contributed by atoms with van der Waals surface area (Å²) in [7, 11) is -1.93. The standard InChI is InChI=1S/C14H15FN2O3S/c1-20-14-6-3-9(7-11(14)15)17-13-5-4-10(8-12(13)16)21(2,18)19/h3-8,17H,16H2,1-2H3. The fourth-order valence-electron chi connectivity index (χ4n) is 1.78. The highest BCUT2D eigenvalue weighted by Crippen LogP contribution is 2.28. The predicted molar refractivity (Wildman–Crippen MR) is 80.2 cm³/mol. The van der Waals surface area contributed by atoms with Crippen LogP contribution < -0.4 is 15.8 Å². The third-order valence-electron chi connectivity index (χ3n) is 2.88. The average Bonchev–Trinajstić information content (AvgIpc) is 2.40. The first-order valence-corrected chi connectivity index (χ1v) is 7.90. The highest BCUT2D eigenvalue weighted by molar-refractivity contribution is 7.90. The van der Waals surface area contributed by atoms with Crippen molar-refractivity contribution in [2.24, 2.45) is 0 Å². The number of benzene rings is 2. The molecule has 7 heteroatoms. The monoisotopic (exact) mass is 310 g/mol. The molecule has 5 nitrogen and oxygen atoms in total. The first kappa shape index (κ1) is 15.1. The third-order valence-corrected chi connectivity index (χ3v) is 3.99. The second kappa shape index (κ2) is 5.61. The maximum Gasteiger partial charge on any atom is 0.175 e. The second-order valence-electron chi connectivity index (χ2n) is 4.50. The van der Waals surface area contributed by atoms with E-state index in [9.17, 15) is 12.8 Å². The molecular formula is C14H15FN2O3S. The summed E-state index contributed by atoms with van der Waals surface area (Å²) in [6, 6.07) is 8.71. The molecule has 0 atom stereocenters. The number of hydrogen-bond donors (Lipinski definition) is 2. The molecule has 2 aromatic rings. The Hall–Kier alpha value is -2.28. The molecule has 0 aromatic heterocycles. The van der Waals surface area contributed by atoms with Crippen LogP contribution in [0.3, 0.4) is 0 Å². The molecule has 0 fully saturated rings. The Morgan fingerprint density at radius 1 is 1.19 bits per heavy atom. The molecule has 21 heavy (non-hydrogen) atoms. The SMILES string of the molecule is COc1ccc(Nc2ccc(S(C)(=O)=O)cc2N)cc1F. The molecule has 0 amide bonds. The van der Waals surface area contributed by atoms with Gasteiger partial charge in [0.2, 0.25) is 0 Å². The minimum atomic E-state index is -3.31. The van der Waals surface area contributed by atoms with Crippen molar-refractivity contribution in [3.05, 3.63) is 42.2 Å². The van der Waals surface area contributed by atoms with Gasteiger partial charge in [0.05, 0.1) is 23.4 Å². The summed E-state index contributed by atoms with van der Waals surface area (Å²) in [6.45, 7) is 0. The summed E-state index contributed by atoms with van der Waals surface area (Å²) < 4.78 is 41.3. The van der Waals surface area contributed by atoms with Crippen molar-refractivity contribution in [3.8, 4) is 5.75 Å². The fraction of sp³-hybridized carbons (Fsp3) is 0.143. The molecule has 0 aliphatic heterocycles. The fourth-order valence-corrected chi connectivity index (χ4v) is 2.44. The van der Waals surface area contributed by atoms with Crippen LogP contribution in [-0.4, -0.2) is 21.8 Å². The van der Waals surface area contributed by atoms with E-state index in [4.69, 9.17) is 10.5 Å². The van der Waals surface area contributed by atoms with Crippen LogP contribution in [0.1, 0.15) is 0 Å². The van der Waals surface area contributed by atoms with Gasteiger partial charge in [-0.2, -0.15) is 0 Å². The molecule has 0 bridgehead atoms. The summed E-state index contributed by atoms with van der Waals surface area (Å²) in [5.41, 5.74) is 7.04. The van der Waals surface area contributed by atoms with Gasteiger partial charge in [0.15, 0.2) is 21.4 Å². The van der Waals surface area contributed by atoms with E-state index < -0.39 is 15.7 Å². The van der Waals surface area contributed by atoms with E-state index in [0.29, 0.717) is 11.4 Å². The molecule has 2 rings (SSSR count). The first-order valence-electron chi connectivity index (χ1n) is 6.01. The lowest BCUT2D eigenvalue weighted by Crippen LogP contribution is -2.01. The predicted octanol–water partition coefficient (Wildman–Crippen LogP) is 2.56. The molecule has 0 aliphatic carbocycles. The van der Waals surface area contributed by atoms with Crippen LogP contribution in [0, 0.1) is 5.82 Å². The topological polar surface area (TPSA) is 81.4 Å². The van der Waals surface area contributed by atoms with E-state index in [1.54, 1.807) is 6.07 Å². The number of hydrogen-bond acceptors (Lipinski definition) is 5. The van der Waals surface area contributed by atoms with Crippen LogP contribution in [0.4, 0.5) is 21.5 Å². The molecule has 112 valence electrons. The molecule has 2 aromatic carbocycles. The zero-order valence-corrected chi connectivity index (χ0v) is 12.4. The van der Waals surface area contributed by atoms with E-state index in [0.717, 1.165) is 6.26 Å². The molecule has 3 N–H and O–H groups in total. The smallest absolute Gasteiger partial charge is 0.175 e. The van der Waals surface area contributed by atoms with E-state index in [-0.39, 0.29) is 16.3 Å². The first-order chi connectivity index (χ1) is 9.81. The zero-order valence-electron chi connectivity index (χ0n) is 11.6. The highest BCUT2D eigenvalue weighted by atomic mass is 32.2. The Kier molecular flexibility index (Phi) is 4.04. The highest BCUT2D eigenvalue weighted by Gasteiger charge is 2.10. The van der Waals surface area contributed by atoms with Gasteiger partial charge in [-0.05, 0) is 30.3 Å². The van der Waals surface area contributed by atoms with Gasteiger partial charge in [0, 0.05) is 18.0 Å². The summed E-state index contributed by atoms with van der Waals surface area (Å²) >= 11 is 0. The maximum absolute atomic E-state index is 13.6. The van der Waals surface area contributed by atoms with E-state index in [1.165, 1.54) is 37.4 Å². The summed E-state index contributed by atoms with van der Waals surface area (Å²) in [5, 5.41) is 2.93. The van der Waals surface area contributed by atoms with Gasteiger partial charge < -0.3 is 15.8 Å². The largest absolute Gasteiger partial charge is 0.494 e. The lowest BCUT2D eigenvalue weighted by molar-refractivity contribution is 0.386. The number of sulfone groups is 1. The number of ether oxygens (including phenoxy) is 1. The molecule has 0 radical (unpaired) electrons. The molecule has 0 saturated carbocycles. The number of nitrogens with two attached hydrogens (primary N) is 1. The van der Waals surface area contributed by atoms with Gasteiger partial charge in [0.25, 0.3) is 0 Å². The number of nitrogen functional groups attached to an aromatic ring is 1. The average molecular weight is 310 g/mol. The number of anilines is 3. The molecule has 0 saturated heterocycles. The minimum Gasteiger partial charge on any atom is -0.494 e. The second-order valence-corrected chi connectivity index (χ2v) is 6.51. The minimum absolute atomic E-state index is 0.131.